The van der Waals surface area contributed by atoms with Crippen molar-refractivity contribution in [3.8, 4) is 0 Å². The minimum atomic E-state index is 0.0492. The lowest BCUT2D eigenvalue weighted by Crippen LogP contribution is -2.28. The van der Waals surface area contributed by atoms with E-state index in [1.165, 1.54) is 6.26 Å². The average molecular weight is 194 g/mol. The Hall–Kier alpha value is -1.32. The lowest BCUT2D eigenvalue weighted by molar-refractivity contribution is 0.0787. The highest BCUT2D eigenvalue weighted by Crippen LogP contribution is 2.18. The lowest BCUT2D eigenvalue weighted by atomic mass is 10.2. The smallest absolute Gasteiger partial charge is 0.259 e. The van der Waals surface area contributed by atoms with Gasteiger partial charge in [0.15, 0.2) is 0 Å². The molecule has 0 N–H and O–H groups in total. The summed E-state index contributed by atoms with van der Waals surface area (Å²) in [7, 11) is 0. The number of aromatic nitrogens is 1. The molecular formula is C10H14N2O2. The van der Waals surface area contributed by atoms with E-state index in [2.05, 4.69) is 12.1 Å². The predicted octanol–water partition coefficient (Wildman–Crippen LogP) is 1.47. The highest BCUT2D eigenvalue weighted by Gasteiger charge is 2.26. The number of rotatable bonds is 1. The van der Waals surface area contributed by atoms with Crippen molar-refractivity contribution in [3.63, 3.8) is 0 Å². The molecule has 0 bridgehead atoms. The minimum absolute atomic E-state index is 0.0492. The molecule has 1 aromatic rings. The second-order valence-corrected chi connectivity index (χ2v) is 3.96. The quantitative estimate of drug-likeness (QED) is 0.680. The third-order valence-electron chi connectivity index (χ3n) is 2.69. The highest BCUT2D eigenvalue weighted by molar-refractivity contribution is 5.94. The van der Waals surface area contributed by atoms with Crippen LogP contribution >= 0.6 is 0 Å². The van der Waals surface area contributed by atoms with Gasteiger partial charge in [-0.05, 0) is 19.3 Å². The van der Waals surface area contributed by atoms with Crippen molar-refractivity contribution in [2.75, 3.05) is 13.1 Å². The van der Waals surface area contributed by atoms with Gasteiger partial charge < -0.3 is 9.42 Å². The highest BCUT2D eigenvalue weighted by atomic mass is 16.5. The van der Waals surface area contributed by atoms with Gasteiger partial charge in [0.25, 0.3) is 5.91 Å². The van der Waals surface area contributed by atoms with Gasteiger partial charge in [-0.2, -0.15) is 0 Å². The molecule has 0 spiro atoms. The maximum Gasteiger partial charge on any atom is 0.259 e. The Morgan fingerprint density at radius 1 is 1.71 bits per heavy atom. The fourth-order valence-electron chi connectivity index (χ4n) is 1.79. The van der Waals surface area contributed by atoms with Crippen molar-refractivity contribution in [2.45, 2.75) is 20.3 Å². The van der Waals surface area contributed by atoms with Gasteiger partial charge in [-0.15, -0.1) is 0 Å². The Bertz CT molecular complexity index is 346. The maximum absolute atomic E-state index is 11.9. The zero-order valence-corrected chi connectivity index (χ0v) is 8.49. The van der Waals surface area contributed by atoms with Crippen LogP contribution in [0.2, 0.25) is 0 Å². The summed E-state index contributed by atoms with van der Waals surface area (Å²) in [6.45, 7) is 5.65. The SMILES string of the molecule is Cc1nocc1C(=O)N1CCC(C)C1. The molecule has 14 heavy (non-hydrogen) atoms. The molecule has 1 saturated heterocycles. The molecule has 1 aliphatic rings. The number of likely N-dealkylation sites (tertiary alicyclic amines) is 1. The number of carbonyl (C=O) groups is 1. The van der Waals surface area contributed by atoms with E-state index in [0.29, 0.717) is 17.2 Å². The van der Waals surface area contributed by atoms with Crippen LogP contribution in [-0.4, -0.2) is 29.1 Å². The average Bonchev–Trinajstić information content (AvgIpc) is 2.73. The van der Waals surface area contributed by atoms with Gasteiger partial charge in [0.05, 0.1) is 5.69 Å². The summed E-state index contributed by atoms with van der Waals surface area (Å²) >= 11 is 0. The van der Waals surface area contributed by atoms with Gasteiger partial charge >= 0.3 is 0 Å². The van der Waals surface area contributed by atoms with E-state index in [0.717, 1.165) is 19.5 Å². The Morgan fingerprint density at radius 2 is 2.50 bits per heavy atom. The van der Waals surface area contributed by atoms with Crippen LogP contribution in [0.4, 0.5) is 0 Å². The molecule has 1 fully saturated rings. The van der Waals surface area contributed by atoms with Gasteiger partial charge in [0.2, 0.25) is 0 Å². The number of hydrogen-bond donors (Lipinski definition) is 0. The lowest BCUT2D eigenvalue weighted by Gasteiger charge is -2.14. The largest absolute Gasteiger partial charge is 0.364 e. The topological polar surface area (TPSA) is 46.3 Å². The van der Waals surface area contributed by atoms with Crippen LogP contribution < -0.4 is 0 Å². The predicted molar refractivity (Wildman–Crippen MR) is 50.9 cm³/mol. The van der Waals surface area contributed by atoms with E-state index in [9.17, 15) is 4.79 Å². The van der Waals surface area contributed by atoms with Gasteiger partial charge in [-0.25, -0.2) is 0 Å². The summed E-state index contributed by atoms with van der Waals surface area (Å²) in [4.78, 5) is 13.8. The Labute approximate surface area is 82.9 Å². The van der Waals surface area contributed by atoms with E-state index < -0.39 is 0 Å². The second kappa shape index (κ2) is 3.44. The number of nitrogens with zero attached hydrogens (tertiary/aromatic N) is 2. The normalized spacial score (nSPS) is 21.6. The van der Waals surface area contributed by atoms with Crippen molar-refractivity contribution >= 4 is 5.91 Å². The van der Waals surface area contributed by atoms with E-state index >= 15 is 0 Å². The van der Waals surface area contributed by atoms with E-state index in [-0.39, 0.29) is 5.91 Å². The van der Waals surface area contributed by atoms with Crippen LogP contribution in [0.15, 0.2) is 10.8 Å². The summed E-state index contributed by atoms with van der Waals surface area (Å²) in [5.41, 5.74) is 1.27. The van der Waals surface area contributed by atoms with Crippen molar-refractivity contribution in [1.29, 1.82) is 0 Å². The fourth-order valence-corrected chi connectivity index (χ4v) is 1.79. The van der Waals surface area contributed by atoms with Crippen molar-refractivity contribution in [2.24, 2.45) is 5.92 Å². The fraction of sp³-hybridized carbons (Fsp3) is 0.600. The van der Waals surface area contributed by atoms with Gasteiger partial charge in [0.1, 0.15) is 11.8 Å². The summed E-state index contributed by atoms with van der Waals surface area (Å²) in [5.74, 6) is 0.659. The van der Waals surface area contributed by atoms with E-state index in [1.54, 1.807) is 6.92 Å². The van der Waals surface area contributed by atoms with Crippen LogP contribution in [0.5, 0.6) is 0 Å². The third-order valence-corrected chi connectivity index (χ3v) is 2.69. The molecule has 76 valence electrons. The van der Waals surface area contributed by atoms with E-state index in [1.807, 2.05) is 4.90 Å². The molecule has 0 aliphatic carbocycles. The van der Waals surface area contributed by atoms with Gasteiger partial charge in [-0.1, -0.05) is 12.1 Å². The number of carbonyl (C=O) groups excluding carboxylic acids is 1. The van der Waals surface area contributed by atoms with Crippen LogP contribution in [-0.2, 0) is 0 Å². The first-order chi connectivity index (χ1) is 6.68. The standard InChI is InChI=1S/C10H14N2O2/c1-7-3-4-12(5-7)10(13)9-6-14-11-8(9)2/h6-7H,3-5H2,1-2H3. The summed E-state index contributed by atoms with van der Waals surface area (Å²) in [5, 5.41) is 3.71. The van der Waals surface area contributed by atoms with Crippen molar-refractivity contribution in [3.05, 3.63) is 17.5 Å². The number of aryl methyl sites for hydroxylation is 1. The molecule has 2 heterocycles. The third kappa shape index (κ3) is 1.52. The van der Waals surface area contributed by atoms with Crippen LogP contribution in [0.1, 0.15) is 29.4 Å². The molecule has 4 nitrogen and oxygen atoms in total. The molecule has 1 atom stereocenters. The van der Waals surface area contributed by atoms with Gasteiger partial charge in [-0.3, -0.25) is 4.79 Å². The van der Waals surface area contributed by atoms with Crippen LogP contribution in [0.3, 0.4) is 0 Å². The molecule has 0 aromatic carbocycles. The molecule has 1 unspecified atom stereocenters. The Kier molecular flexibility index (Phi) is 2.27. The van der Waals surface area contributed by atoms with E-state index in [4.69, 9.17) is 4.52 Å². The minimum Gasteiger partial charge on any atom is -0.364 e. The summed E-state index contributed by atoms with van der Waals surface area (Å²) in [6.07, 6.45) is 2.52. The molecule has 4 heteroatoms. The Morgan fingerprint density at radius 3 is 3.00 bits per heavy atom. The zero-order chi connectivity index (χ0) is 10.1. The Balaban J connectivity index is 2.13. The van der Waals surface area contributed by atoms with Gasteiger partial charge in [0, 0.05) is 13.1 Å². The monoisotopic (exact) mass is 194 g/mol. The number of amides is 1. The molecule has 1 amide bonds. The molecule has 2 rings (SSSR count). The first-order valence-electron chi connectivity index (χ1n) is 4.88. The molecule has 0 saturated carbocycles. The van der Waals surface area contributed by atoms with Crippen LogP contribution in [0.25, 0.3) is 0 Å². The first kappa shape index (κ1) is 9.24. The van der Waals surface area contributed by atoms with Crippen molar-refractivity contribution in [1.82, 2.24) is 10.1 Å². The molecule has 0 radical (unpaired) electrons. The molecule has 1 aliphatic heterocycles. The zero-order valence-electron chi connectivity index (χ0n) is 8.49. The second-order valence-electron chi connectivity index (χ2n) is 3.96. The van der Waals surface area contributed by atoms with Crippen molar-refractivity contribution < 1.29 is 9.32 Å². The maximum atomic E-state index is 11.9. The first-order valence-corrected chi connectivity index (χ1v) is 4.88. The molecular weight excluding hydrogens is 180 g/mol. The summed E-state index contributed by atoms with van der Waals surface area (Å²) < 4.78 is 4.76. The summed E-state index contributed by atoms with van der Waals surface area (Å²) in [6, 6.07) is 0. The van der Waals surface area contributed by atoms with Crippen LogP contribution in [0, 0.1) is 12.8 Å². The molecule has 1 aromatic heterocycles. The number of hydrogen-bond acceptors (Lipinski definition) is 3.